The highest BCUT2D eigenvalue weighted by Crippen LogP contribution is 2.21. The zero-order valence-corrected chi connectivity index (χ0v) is 7.82. The van der Waals surface area contributed by atoms with Gasteiger partial charge in [-0.2, -0.15) is 5.26 Å². The van der Waals surface area contributed by atoms with Crippen LogP contribution in [-0.2, 0) is 0 Å². The summed E-state index contributed by atoms with van der Waals surface area (Å²) in [5.41, 5.74) is 2.04. The van der Waals surface area contributed by atoms with Crippen molar-refractivity contribution in [3.8, 4) is 17.3 Å². The third-order valence-electron chi connectivity index (χ3n) is 1.77. The summed E-state index contributed by atoms with van der Waals surface area (Å²) in [7, 11) is 0. The second-order valence-corrected chi connectivity index (χ2v) is 3.08. The lowest BCUT2D eigenvalue weighted by Crippen LogP contribution is -1.78. The van der Waals surface area contributed by atoms with Gasteiger partial charge in [0, 0.05) is 11.6 Å². The molecule has 14 heavy (non-hydrogen) atoms. The zero-order chi connectivity index (χ0) is 9.97. The number of hydrogen-bond donors (Lipinski definition) is 0. The van der Waals surface area contributed by atoms with Crippen LogP contribution < -0.4 is 0 Å². The highest BCUT2D eigenvalue weighted by atomic mass is 35.5. The number of halogens is 1. The summed E-state index contributed by atoms with van der Waals surface area (Å²) >= 11 is 5.59. The van der Waals surface area contributed by atoms with E-state index in [2.05, 4.69) is 11.2 Å². The third-order valence-corrected chi connectivity index (χ3v) is 1.95. The van der Waals surface area contributed by atoms with Gasteiger partial charge in [0.05, 0.1) is 11.6 Å². The van der Waals surface area contributed by atoms with Crippen molar-refractivity contribution in [2.24, 2.45) is 0 Å². The van der Waals surface area contributed by atoms with E-state index < -0.39 is 0 Å². The van der Waals surface area contributed by atoms with Crippen LogP contribution in [0.1, 0.15) is 5.56 Å². The van der Waals surface area contributed by atoms with Crippen molar-refractivity contribution in [3.05, 3.63) is 41.1 Å². The molecule has 0 radical (unpaired) electrons. The van der Waals surface area contributed by atoms with E-state index in [-0.39, 0.29) is 5.22 Å². The van der Waals surface area contributed by atoms with Crippen LogP contribution in [0.4, 0.5) is 0 Å². The van der Waals surface area contributed by atoms with Gasteiger partial charge in [0.25, 0.3) is 0 Å². The van der Waals surface area contributed by atoms with Gasteiger partial charge >= 0.3 is 0 Å². The second-order valence-electron chi connectivity index (χ2n) is 2.71. The monoisotopic (exact) mass is 204 g/mol. The molecule has 0 unspecified atom stereocenters. The van der Waals surface area contributed by atoms with Crippen molar-refractivity contribution >= 4 is 11.6 Å². The Labute approximate surface area is 85.5 Å². The Hall–Kier alpha value is -1.79. The molecule has 0 saturated heterocycles. The first-order valence-electron chi connectivity index (χ1n) is 3.92. The molecule has 3 nitrogen and oxygen atoms in total. The molecule has 0 spiro atoms. The molecule has 1 aromatic carbocycles. The fourth-order valence-corrected chi connectivity index (χ4v) is 1.27. The van der Waals surface area contributed by atoms with Gasteiger partial charge in [-0.1, -0.05) is 17.3 Å². The van der Waals surface area contributed by atoms with Crippen LogP contribution in [0.2, 0.25) is 5.22 Å². The molecule has 0 bridgehead atoms. The summed E-state index contributed by atoms with van der Waals surface area (Å²) < 4.78 is 4.72. The molecule has 1 heterocycles. The van der Waals surface area contributed by atoms with E-state index in [9.17, 15) is 0 Å². The van der Waals surface area contributed by atoms with Crippen molar-refractivity contribution in [2.75, 3.05) is 0 Å². The molecule has 0 aliphatic heterocycles. The summed E-state index contributed by atoms with van der Waals surface area (Å²) in [6.07, 6.45) is 0. The van der Waals surface area contributed by atoms with Gasteiger partial charge in [-0.05, 0) is 23.7 Å². The fraction of sp³-hybridized carbons (Fsp3) is 0. The van der Waals surface area contributed by atoms with E-state index in [1.807, 2.05) is 6.07 Å². The van der Waals surface area contributed by atoms with E-state index >= 15 is 0 Å². The molecule has 2 aromatic rings. The van der Waals surface area contributed by atoms with Crippen LogP contribution in [0.3, 0.4) is 0 Å². The molecule has 0 aliphatic carbocycles. The quantitative estimate of drug-likeness (QED) is 0.718. The summed E-state index contributed by atoms with van der Waals surface area (Å²) in [6.45, 7) is 0. The summed E-state index contributed by atoms with van der Waals surface area (Å²) in [5, 5.41) is 12.7. The van der Waals surface area contributed by atoms with Gasteiger partial charge in [-0.3, -0.25) is 0 Å². The molecule has 1 aromatic heterocycles. The van der Waals surface area contributed by atoms with Crippen molar-refractivity contribution in [1.82, 2.24) is 5.16 Å². The van der Waals surface area contributed by atoms with Gasteiger partial charge in [0.1, 0.15) is 5.69 Å². The maximum atomic E-state index is 8.69. The Morgan fingerprint density at radius 3 is 2.86 bits per heavy atom. The van der Waals surface area contributed by atoms with Crippen LogP contribution >= 0.6 is 11.6 Å². The van der Waals surface area contributed by atoms with E-state index in [1.165, 1.54) is 0 Å². The first kappa shape index (κ1) is 8.79. The molecule has 0 N–H and O–H groups in total. The topological polar surface area (TPSA) is 49.8 Å². The van der Waals surface area contributed by atoms with Crippen molar-refractivity contribution in [3.63, 3.8) is 0 Å². The van der Waals surface area contributed by atoms with Crippen molar-refractivity contribution in [1.29, 1.82) is 5.26 Å². The zero-order valence-electron chi connectivity index (χ0n) is 7.07. The van der Waals surface area contributed by atoms with Gasteiger partial charge in [-0.15, -0.1) is 0 Å². The molecular weight excluding hydrogens is 200 g/mol. The van der Waals surface area contributed by atoms with Crippen molar-refractivity contribution < 1.29 is 4.52 Å². The largest absolute Gasteiger partial charge is 0.344 e. The molecule has 0 atom stereocenters. The number of nitrogens with zero attached hydrogens (tertiary/aromatic N) is 2. The van der Waals surface area contributed by atoms with Gasteiger partial charge in [-0.25, -0.2) is 0 Å². The normalized spacial score (nSPS) is 9.71. The molecule has 0 saturated carbocycles. The smallest absolute Gasteiger partial charge is 0.226 e. The molecule has 68 valence electrons. The molecule has 0 amide bonds. The highest BCUT2D eigenvalue weighted by molar-refractivity contribution is 6.29. The lowest BCUT2D eigenvalue weighted by molar-refractivity contribution is 0.424. The summed E-state index contributed by atoms with van der Waals surface area (Å²) in [5.74, 6) is 0. The third kappa shape index (κ3) is 1.61. The number of hydrogen-bond acceptors (Lipinski definition) is 3. The summed E-state index contributed by atoms with van der Waals surface area (Å²) in [4.78, 5) is 0. The lowest BCUT2D eigenvalue weighted by atomic mass is 10.1. The maximum absolute atomic E-state index is 8.69. The van der Waals surface area contributed by atoms with Crippen LogP contribution in [-0.4, -0.2) is 5.16 Å². The second kappa shape index (κ2) is 3.52. The van der Waals surface area contributed by atoms with Gasteiger partial charge < -0.3 is 4.52 Å². The SMILES string of the molecule is N#Cc1cccc(-c2cc(Cl)on2)c1. The fourth-order valence-electron chi connectivity index (χ4n) is 1.14. The van der Waals surface area contributed by atoms with E-state index in [4.69, 9.17) is 21.4 Å². The lowest BCUT2D eigenvalue weighted by Gasteiger charge is -1.94. The minimum Gasteiger partial charge on any atom is -0.344 e. The van der Waals surface area contributed by atoms with E-state index in [0.29, 0.717) is 11.3 Å². The molecule has 0 aliphatic rings. The Bertz CT molecular complexity index is 499. The van der Waals surface area contributed by atoms with Crippen molar-refractivity contribution in [2.45, 2.75) is 0 Å². The van der Waals surface area contributed by atoms with E-state index in [0.717, 1.165) is 5.56 Å². The van der Waals surface area contributed by atoms with Gasteiger partial charge in [0.15, 0.2) is 0 Å². The highest BCUT2D eigenvalue weighted by Gasteiger charge is 2.04. The standard InChI is InChI=1S/C10H5ClN2O/c11-10-5-9(13-14-10)8-3-1-2-7(4-8)6-12/h1-5H. The number of aromatic nitrogens is 1. The van der Waals surface area contributed by atoms with Gasteiger partial charge in [0.2, 0.25) is 5.22 Å². The Kier molecular flexibility index (Phi) is 2.21. The summed E-state index contributed by atoms with van der Waals surface area (Å²) in [6, 6.07) is 10.7. The first-order chi connectivity index (χ1) is 6.79. The minimum atomic E-state index is 0.238. The molecule has 0 fully saturated rings. The Morgan fingerprint density at radius 1 is 1.36 bits per heavy atom. The number of benzene rings is 1. The molecule has 2 rings (SSSR count). The average Bonchev–Trinajstić information content (AvgIpc) is 2.65. The van der Waals surface area contributed by atoms with Crippen LogP contribution in [0.15, 0.2) is 34.9 Å². The average molecular weight is 205 g/mol. The maximum Gasteiger partial charge on any atom is 0.226 e. The molecule has 4 heteroatoms. The first-order valence-corrected chi connectivity index (χ1v) is 4.30. The van der Waals surface area contributed by atoms with Crippen LogP contribution in [0.5, 0.6) is 0 Å². The molecular formula is C10H5ClN2O. The van der Waals surface area contributed by atoms with Crippen LogP contribution in [0, 0.1) is 11.3 Å². The number of rotatable bonds is 1. The predicted molar refractivity (Wildman–Crippen MR) is 51.7 cm³/mol. The number of nitriles is 1. The van der Waals surface area contributed by atoms with E-state index in [1.54, 1.807) is 24.3 Å². The predicted octanol–water partition coefficient (Wildman–Crippen LogP) is 2.87. The van der Waals surface area contributed by atoms with Crippen LogP contribution in [0.25, 0.3) is 11.3 Å². The minimum absolute atomic E-state index is 0.238. The Balaban J connectivity index is 2.47. The Morgan fingerprint density at radius 2 is 2.21 bits per heavy atom.